The van der Waals surface area contributed by atoms with Gasteiger partial charge in [-0.05, 0) is 48.6 Å². The number of nitrogens with one attached hydrogen (secondary N) is 3. The molecule has 0 atom stereocenters. The molecule has 0 radical (unpaired) electrons. The summed E-state index contributed by atoms with van der Waals surface area (Å²) in [5.41, 5.74) is 1.37. The number of amides is 3. The van der Waals surface area contributed by atoms with Crippen molar-refractivity contribution in [3.63, 3.8) is 0 Å². The van der Waals surface area contributed by atoms with E-state index in [2.05, 4.69) is 16.0 Å². The molecular formula is C18H19N3O3S. The van der Waals surface area contributed by atoms with Crippen molar-refractivity contribution in [1.82, 2.24) is 5.32 Å². The van der Waals surface area contributed by atoms with Crippen LogP contribution in [-0.2, 0) is 9.59 Å². The molecule has 0 aliphatic heterocycles. The highest BCUT2D eigenvalue weighted by atomic mass is 32.1. The Hall–Kier alpha value is -2.67. The van der Waals surface area contributed by atoms with Gasteiger partial charge in [0.1, 0.15) is 0 Å². The summed E-state index contributed by atoms with van der Waals surface area (Å²) >= 11 is 1.36. The van der Waals surface area contributed by atoms with Crippen LogP contribution in [0.15, 0.2) is 41.8 Å². The van der Waals surface area contributed by atoms with Gasteiger partial charge in [-0.3, -0.25) is 14.4 Å². The SMILES string of the molecule is O=C(CCNC(=O)c1cccs1)Nc1ccc(NC(=O)C2CC2)cc1. The number of anilines is 2. The fourth-order valence-electron chi connectivity index (χ4n) is 2.23. The lowest BCUT2D eigenvalue weighted by Gasteiger charge is -2.08. The van der Waals surface area contributed by atoms with Gasteiger partial charge in [-0.15, -0.1) is 11.3 Å². The molecule has 1 aromatic heterocycles. The van der Waals surface area contributed by atoms with Crippen LogP contribution in [-0.4, -0.2) is 24.3 Å². The second kappa shape index (κ2) is 7.94. The van der Waals surface area contributed by atoms with E-state index in [0.717, 1.165) is 18.5 Å². The van der Waals surface area contributed by atoms with E-state index in [0.29, 0.717) is 10.6 Å². The zero-order valence-electron chi connectivity index (χ0n) is 13.6. The van der Waals surface area contributed by atoms with E-state index in [1.54, 1.807) is 30.3 Å². The molecule has 0 bridgehead atoms. The summed E-state index contributed by atoms with van der Waals surface area (Å²) < 4.78 is 0. The Morgan fingerprint density at radius 1 is 1.00 bits per heavy atom. The number of benzene rings is 1. The third-order valence-corrected chi connectivity index (χ3v) is 4.64. The smallest absolute Gasteiger partial charge is 0.261 e. The van der Waals surface area contributed by atoms with Crippen molar-refractivity contribution in [1.29, 1.82) is 0 Å². The molecule has 6 nitrogen and oxygen atoms in total. The first-order valence-electron chi connectivity index (χ1n) is 8.14. The third-order valence-electron chi connectivity index (χ3n) is 3.77. The van der Waals surface area contributed by atoms with Gasteiger partial charge >= 0.3 is 0 Å². The summed E-state index contributed by atoms with van der Waals surface area (Å²) in [6, 6.07) is 10.5. The first kappa shape index (κ1) is 17.2. The van der Waals surface area contributed by atoms with Gasteiger partial charge in [-0.2, -0.15) is 0 Å². The Bertz CT molecular complexity index is 752. The summed E-state index contributed by atoms with van der Waals surface area (Å²) in [4.78, 5) is 36.0. The van der Waals surface area contributed by atoms with Crippen molar-refractivity contribution in [2.75, 3.05) is 17.2 Å². The molecule has 1 saturated carbocycles. The van der Waals surface area contributed by atoms with Crippen LogP contribution < -0.4 is 16.0 Å². The largest absolute Gasteiger partial charge is 0.351 e. The molecule has 0 saturated heterocycles. The highest BCUT2D eigenvalue weighted by molar-refractivity contribution is 7.12. The van der Waals surface area contributed by atoms with Gasteiger partial charge in [0.2, 0.25) is 11.8 Å². The summed E-state index contributed by atoms with van der Waals surface area (Å²) in [6.45, 7) is 0.276. The van der Waals surface area contributed by atoms with Gasteiger partial charge < -0.3 is 16.0 Å². The molecule has 130 valence electrons. The van der Waals surface area contributed by atoms with Gasteiger partial charge in [0, 0.05) is 30.3 Å². The lowest BCUT2D eigenvalue weighted by atomic mass is 10.2. The summed E-state index contributed by atoms with van der Waals surface area (Å²) in [7, 11) is 0. The number of rotatable bonds is 7. The molecule has 2 aromatic rings. The molecule has 1 heterocycles. The second-order valence-corrected chi connectivity index (χ2v) is 6.82. The Morgan fingerprint density at radius 2 is 1.68 bits per heavy atom. The predicted octanol–water partition coefficient (Wildman–Crippen LogP) is 2.86. The normalized spacial score (nSPS) is 13.1. The lowest BCUT2D eigenvalue weighted by molar-refractivity contribution is -0.117. The van der Waals surface area contributed by atoms with E-state index >= 15 is 0 Å². The standard InChI is InChI=1S/C18H19N3O3S/c22-16(9-10-19-18(24)15-2-1-11-25-15)20-13-5-7-14(8-6-13)21-17(23)12-3-4-12/h1-2,5-8,11-12H,3-4,9-10H2,(H,19,24)(H,20,22)(H,21,23). The second-order valence-electron chi connectivity index (χ2n) is 5.87. The monoisotopic (exact) mass is 357 g/mol. The lowest BCUT2D eigenvalue weighted by Crippen LogP contribution is -2.27. The quantitative estimate of drug-likeness (QED) is 0.712. The van der Waals surface area contributed by atoms with Crippen molar-refractivity contribution in [2.24, 2.45) is 5.92 Å². The first-order valence-corrected chi connectivity index (χ1v) is 9.02. The summed E-state index contributed by atoms with van der Waals surface area (Å²) in [5.74, 6) is -0.137. The van der Waals surface area contributed by atoms with Crippen LogP contribution >= 0.6 is 11.3 Å². The van der Waals surface area contributed by atoms with E-state index in [4.69, 9.17) is 0 Å². The third kappa shape index (κ3) is 5.15. The van der Waals surface area contributed by atoms with Crippen LogP contribution in [0.2, 0.25) is 0 Å². The van der Waals surface area contributed by atoms with Gasteiger partial charge in [0.05, 0.1) is 4.88 Å². The molecule has 1 aliphatic rings. The Labute approximate surface area is 149 Å². The molecule has 3 N–H and O–H groups in total. The van der Waals surface area contributed by atoms with Crippen LogP contribution in [0.5, 0.6) is 0 Å². The van der Waals surface area contributed by atoms with Crippen LogP contribution in [0.1, 0.15) is 28.9 Å². The zero-order chi connectivity index (χ0) is 17.6. The molecule has 3 amide bonds. The number of carbonyl (C=O) groups is 3. The maximum atomic E-state index is 11.9. The van der Waals surface area contributed by atoms with E-state index < -0.39 is 0 Å². The minimum absolute atomic E-state index is 0.0540. The maximum absolute atomic E-state index is 11.9. The Morgan fingerprint density at radius 3 is 2.28 bits per heavy atom. The van der Waals surface area contributed by atoms with Gasteiger partial charge in [-0.1, -0.05) is 6.07 Å². The van der Waals surface area contributed by atoms with E-state index in [1.165, 1.54) is 11.3 Å². The average Bonchev–Trinajstić information content (AvgIpc) is 3.31. The molecule has 7 heteroatoms. The molecule has 1 aromatic carbocycles. The van der Waals surface area contributed by atoms with Gasteiger partial charge in [-0.25, -0.2) is 0 Å². The van der Waals surface area contributed by atoms with Crippen molar-refractivity contribution in [3.8, 4) is 0 Å². The topological polar surface area (TPSA) is 87.3 Å². The molecule has 1 fully saturated rings. The summed E-state index contributed by atoms with van der Waals surface area (Å²) in [6.07, 6.45) is 2.11. The molecular weight excluding hydrogens is 338 g/mol. The van der Waals surface area contributed by atoms with E-state index in [9.17, 15) is 14.4 Å². The summed E-state index contributed by atoms with van der Waals surface area (Å²) in [5, 5.41) is 10.2. The van der Waals surface area contributed by atoms with Crippen LogP contribution in [0.4, 0.5) is 11.4 Å². The van der Waals surface area contributed by atoms with Crippen molar-refractivity contribution < 1.29 is 14.4 Å². The highest BCUT2D eigenvalue weighted by Gasteiger charge is 2.29. The van der Waals surface area contributed by atoms with Gasteiger partial charge in [0.25, 0.3) is 5.91 Å². The first-order chi connectivity index (χ1) is 12.1. The van der Waals surface area contributed by atoms with Crippen LogP contribution in [0.25, 0.3) is 0 Å². The van der Waals surface area contributed by atoms with E-state index in [-0.39, 0.29) is 36.6 Å². The van der Waals surface area contributed by atoms with Gasteiger partial charge in [0.15, 0.2) is 0 Å². The van der Waals surface area contributed by atoms with Crippen molar-refractivity contribution in [2.45, 2.75) is 19.3 Å². The minimum atomic E-state index is -0.179. The molecule has 25 heavy (non-hydrogen) atoms. The number of thiophene rings is 1. The van der Waals surface area contributed by atoms with Crippen molar-refractivity contribution in [3.05, 3.63) is 46.7 Å². The zero-order valence-corrected chi connectivity index (χ0v) is 14.4. The van der Waals surface area contributed by atoms with Crippen LogP contribution in [0.3, 0.4) is 0 Å². The molecule has 0 unspecified atom stereocenters. The number of hydrogen-bond donors (Lipinski definition) is 3. The Balaban J connectivity index is 1.40. The number of carbonyl (C=O) groups excluding carboxylic acids is 3. The maximum Gasteiger partial charge on any atom is 0.261 e. The van der Waals surface area contributed by atoms with E-state index in [1.807, 2.05) is 11.4 Å². The Kier molecular flexibility index (Phi) is 5.45. The molecule has 0 spiro atoms. The fraction of sp³-hybridized carbons (Fsp3) is 0.278. The fourth-order valence-corrected chi connectivity index (χ4v) is 2.87. The highest BCUT2D eigenvalue weighted by Crippen LogP contribution is 2.30. The van der Waals surface area contributed by atoms with Crippen molar-refractivity contribution >= 4 is 40.4 Å². The number of hydrogen-bond acceptors (Lipinski definition) is 4. The minimum Gasteiger partial charge on any atom is -0.351 e. The average molecular weight is 357 g/mol. The molecule has 1 aliphatic carbocycles. The van der Waals surface area contributed by atoms with Crippen LogP contribution in [0, 0.1) is 5.92 Å². The predicted molar refractivity (Wildman–Crippen MR) is 97.7 cm³/mol. The molecule has 3 rings (SSSR count).